The fourth-order valence-electron chi connectivity index (χ4n) is 2.24. The smallest absolute Gasteiger partial charge is 0.406 e. The van der Waals surface area contributed by atoms with Crippen LogP contribution in [-0.4, -0.2) is 17.3 Å². The molecule has 0 unspecified atom stereocenters. The summed E-state index contributed by atoms with van der Waals surface area (Å²) in [5, 5.41) is 4.69. The third-order valence-corrected chi connectivity index (χ3v) is 4.29. The van der Waals surface area contributed by atoms with Crippen molar-refractivity contribution in [2.45, 2.75) is 12.9 Å². The second-order valence-electron chi connectivity index (χ2n) is 5.28. The van der Waals surface area contributed by atoms with Gasteiger partial charge in [0.15, 0.2) is 0 Å². The molecule has 2 heterocycles. The molecule has 0 atom stereocenters. The van der Waals surface area contributed by atoms with E-state index in [4.69, 9.17) is 0 Å². The molecule has 0 aliphatic carbocycles. The number of amides is 1. The first-order chi connectivity index (χ1) is 12.4. The molecule has 3 aromatic rings. The summed E-state index contributed by atoms with van der Waals surface area (Å²) < 4.78 is 40.2. The van der Waals surface area contributed by atoms with E-state index in [9.17, 15) is 18.0 Å². The van der Waals surface area contributed by atoms with Crippen LogP contribution in [0.1, 0.15) is 15.9 Å². The molecule has 0 saturated carbocycles. The lowest BCUT2D eigenvalue weighted by Crippen LogP contribution is -2.23. The molecule has 2 aromatic heterocycles. The minimum Gasteiger partial charge on any atom is -0.406 e. The molecule has 3 rings (SSSR count). The van der Waals surface area contributed by atoms with E-state index in [1.165, 1.54) is 12.1 Å². The monoisotopic (exact) mass is 378 g/mol. The van der Waals surface area contributed by atoms with Gasteiger partial charge in [-0.15, -0.1) is 24.5 Å². The van der Waals surface area contributed by atoms with Gasteiger partial charge in [-0.25, -0.2) is 0 Å². The van der Waals surface area contributed by atoms with Gasteiger partial charge in [0.2, 0.25) is 0 Å². The molecule has 1 N–H and O–H groups in total. The lowest BCUT2D eigenvalue weighted by Gasteiger charge is -2.10. The van der Waals surface area contributed by atoms with Crippen LogP contribution in [0.4, 0.5) is 13.2 Å². The van der Waals surface area contributed by atoms with Crippen molar-refractivity contribution in [3.8, 4) is 16.3 Å². The average Bonchev–Trinajstić information content (AvgIpc) is 3.14. The molecule has 0 spiro atoms. The Balaban J connectivity index is 1.61. The van der Waals surface area contributed by atoms with Crippen LogP contribution in [0.3, 0.4) is 0 Å². The lowest BCUT2D eigenvalue weighted by atomic mass is 10.2. The fraction of sp³-hybridized carbons (Fsp3) is 0.111. The van der Waals surface area contributed by atoms with E-state index in [-0.39, 0.29) is 17.9 Å². The van der Waals surface area contributed by atoms with Crippen LogP contribution in [0, 0.1) is 0 Å². The number of nitrogens with zero attached hydrogens (tertiary/aromatic N) is 1. The highest BCUT2D eigenvalue weighted by atomic mass is 32.1. The van der Waals surface area contributed by atoms with Crippen molar-refractivity contribution >= 4 is 17.2 Å². The maximum absolute atomic E-state index is 12.1. The van der Waals surface area contributed by atoms with Gasteiger partial charge in [0.05, 0.1) is 10.6 Å². The molecule has 134 valence electrons. The molecule has 1 amide bonds. The molecule has 26 heavy (non-hydrogen) atoms. The normalized spacial score (nSPS) is 11.2. The zero-order chi connectivity index (χ0) is 18.6. The van der Waals surface area contributed by atoms with Gasteiger partial charge in [0.1, 0.15) is 5.75 Å². The number of aromatic nitrogens is 1. The summed E-state index contributed by atoms with van der Waals surface area (Å²) in [6.45, 7) is 0.278. The third kappa shape index (κ3) is 4.82. The summed E-state index contributed by atoms with van der Waals surface area (Å²) in [5.74, 6) is -0.762. The van der Waals surface area contributed by atoms with E-state index < -0.39 is 12.3 Å². The van der Waals surface area contributed by atoms with E-state index >= 15 is 0 Å². The number of carbonyl (C=O) groups excluding carboxylic acids is 1. The summed E-state index contributed by atoms with van der Waals surface area (Å²) in [7, 11) is 0. The second kappa shape index (κ2) is 7.57. The van der Waals surface area contributed by atoms with E-state index in [0.29, 0.717) is 0 Å². The Kier molecular flexibility index (Phi) is 5.22. The van der Waals surface area contributed by atoms with E-state index in [0.717, 1.165) is 28.3 Å². The van der Waals surface area contributed by atoms with Gasteiger partial charge in [-0.05, 0) is 53.4 Å². The molecule has 0 saturated heterocycles. The number of carbonyl (C=O) groups is 1. The van der Waals surface area contributed by atoms with Gasteiger partial charge in [-0.1, -0.05) is 6.07 Å². The van der Waals surface area contributed by atoms with Crippen molar-refractivity contribution in [2.24, 2.45) is 0 Å². The van der Waals surface area contributed by atoms with Gasteiger partial charge < -0.3 is 10.1 Å². The SMILES string of the molecule is O=C(NCc1ccnc(-c2cccs2)c1)c1ccc(OC(F)(F)F)cc1. The van der Waals surface area contributed by atoms with Crippen molar-refractivity contribution in [2.75, 3.05) is 0 Å². The number of nitrogens with one attached hydrogen (secondary N) is 1. The summed E-state index contributed by atoms with van der Waals surface area (Å²) in [6.07, 6.45) is -3.09. The number of pyridine rings is 1. The van der Waals surface area contributed by atoms with Crippen molar-refractivity contribution in [3.63, 3.8) is 0 Å². The standard InChI is InChI=1S/C18H13F3N2O2S/c19-18(20,21)25-14-5-3-13(4-6-14)17(24)23-11-12-7-8-22-15(10-12)16-2-1-9-26-16/h1-10H,11H2,(H,23,24). The zero-order valence-corrected chi connectivity index (χ0v) is 14.1. The van der Waals surface area contributed by atoms with Crippen LogP contribution >= 0.6 is 11.3 Å². The Labute approximate surface area is 151 Å². The number of alkyl halides is 3. The average molecular weight is 378 g/mol. The molecule has 0 aliphatic rings. The van der Waals surface area contributed by atoms with Crippen LogP contribution in [-0.2, 0) is 6.54 Å². The lowest BCUT2D eigenvalue weighted by molar-refractivity contribution is -0.274. The Hall–Kier alpha value is -2.87. The fourth-order valence-corrected chi connectivity index (χ4v) is 2.93. The van der Waals surface area contributed by atoms with E-state index in [1.807, 2.05) is 23.6 Å². The van der Waals surface area contributed by atoms with Crippen LogP contribution in [0.2, 0.25) is 0 Å². The van der Waals surface area contributed by atoms with Crippen molar-refractivity contribution in [1.82, 2.24) is 10.3 Å². The zero-order valence-electron chi connectivity index (χ0n) is 13.3. The van der Waals surface area contributed by atoms with Gasteiger partial charge in [0.25, 0.3) is 5.91 Å². The topological polar surface area (TPSA) is 51.2 Å². The molecular formula is C18H13F3N2O2S. The predicted molar refractivity (Wildman–Crippen MR) is 91.8 cm³/mol. The first-order valence-corrected chi connectivity index (χ1v) is 8.41. The van der Waals surface area contributed by atoms with Crippen molar-refractivity contribution < 1.29 is 22.7 Å². The molecule has 0 bridgehead atoms. The van der Waals surface area contributed by atoms with Crippen LogP contribution in [0.15, 0.2) is 60.1 Å². The maximum Gasteiger partial charge on any atom is 0.573 e. The maximum atomic E-state index is 12.1. The Morgan fingerprint density at radius 1 is 1.15 bits per heavy atom. The largest absolute Gasteiger partial charge is 0.573 e. The number of rotatable bonds is 5. The first kappa shape index (κ1) is 17.9. The molecule has 0 aliphatic heterocycles. The minimum absolute atomic E-state index is 0.243. The van der Waals surface area contributed by atoms with Gasteiger partial charge in [0, 0.05) is 18.3 Å². The van der Waals surface area contributed by atoms with Crippen LogP contribution in [0.25, 0.3) is 10.6 Å². The summed E-state index contributed by atoms with van der Waals surface area (Å²) in [6, 6.07) is 12.3. The molecule has 8 heteroatoms. The van der Waals surface area contributed by atoms with Crippen LogP contribution < -0.4 is 10.1 Å². The number of hydrogen-bond donors (Lipinski definition) is 1. The Morgan fingerprint density at radius 2 is 1.92 bits per heavy atom. The molecule has 0 fully saturated rings. The number of halogens is 3. The molecule has 1 aromatic carbocycles. The minimum atomic E-state index is -4.76. The van der Waals surface area contributed by atoms with Crippen molar-refractivity contribution in [3.05, 3.63) is 71.2 Å². The number of ether oxygens (including phenoxy) is 1. The first-order valence-electron chi connectivity index (χ1n) is 7.53. The number of benzene rings is 1. The van der Waals surface area contributed by atoms with Gasteiger partial charge in [-0.3, -0.25) is 9.78 Å². The summed E-state index contributed by atoms with van der Waals surface area (Å²) in [4.78, 5) is 17.5. The second-order valence-corrected chi connectivity index (χ2v) is 6.23. The molecular weight excluding hydrogens is 365 g/mol. The molecule has 4 nitrogen and oxygen atoms in total. The quantitative estimate of drug-likeness (QED) is 0.704. The number of thiophene rings is 1. The summed E-state index contributed by atoms with van der Waals surface area (Å²) in [5.41, 5.74) is 1.93. The Morgan fingerprint density at radius 3 is 2.58 bits per heavy atom. The molecule has 0 radical (unpaired) electrons. The third-order valence-electron chi connectivity index (χ3n) is 3.40. The van der Waals surface area contributed by atoms with Crippen molar-refractivity contribution in [1.29, 1.82) is 0 Å². The van der Waals surface area contributed by atoms with E-state index in [2.05, 4.69) is 15.0 Å². The highest BCUT2D eigenvalue weighted by Gasteiger charge is 2.31. The summed E-state index contributed by atoms with van der Waals surface area (Å²) >= 11 is 1.57. The Bertz CT molecular complexity index is 878. The highest BCUT2D eigenvalue weighted by molar-refractivity contribution is 7.13. The predicted octanol–water partition coefficient (Wildman–Crippen LogP) is 4.64. The van der Waals surface area contributed by atoms with Gasteiger partial charge in [-0.2, -0.15) is 0 Å². The van der Waals surface area contributed by atoms with Crippen LogP contribution in [0.5, 0.6) is 5.75 Å². The highest BCUT2D eigenvalue weighted by Crippen LogP contribution is 2.24. The number of hydrogen-bond acceptors (Lipinski definition) is 4. The van der Waals surface area contributed by atoms with E-state index in [1.54, 1.807) is 23.6 Å². The van der Waals surface area contributed by atoms with Gasteiger partial charge >= 0.3 is 6.36 Å².